The van der Waals surface area contributed by atoms with Crippen LogP contribution in [0.3, 0.4) is 0 Å². The molecule has 0 fully saturated rings. The van der Waals surface area contributed by atoms with Gasteiger partial charge in [0.05, 0.1) is 0 Å². The summed E-state index contributed by atoms with van der Waals surface area (Å²) < 4.78 is 0. The van der Waals surface area contributed by atoms with E-state index in [9.17, 15) is 0 Å². The van der Waals surface area contributed by atoms with Crippen LogP contribution < -0.4 is 5.73 Å². The van der Waals surface area contributed by atoms with E-state index in [1.165, 1.54) is 0 Å². The molecule has 0 aromatic carbocycles. The lowest BCUT2D eigenvalue weighted by Gasteiger charge is -2.12. The van der Waals surface area contributed by atoms with E-state index in [1.807, 2.05) is 20.8 Å². The van der Waals surface area contributed by atoms with Crippen LogP contribution in [0.15, 0.2) is 18.5 Å². The Morgan fingerprint density at radius 2 is 1.83 bits per heavy atom. The van der Waals surface area contributed by atoms with Gasteiger partial charge in [-0.05, 0) is 23.4 Å². The molecule has 1 atom stereocenters. The molecule has 98 valence electrons. The SMILES string of the molecule is CC.CC[C@@H](N)c1cnc(Cl)c2cnc(Cl)cc12. The lowest BCUT2D eigenvalue weighted by atomic mass is 10.0. The molecule has 0 bridgehead atoms. The number of halogens is 2. The third kappa shape index (κ3) is 3.10. The zero-order valence-corrected chi connectivity index (χ0v) is 12.3. The minimum Gasteiger partial charge on any atom is -0.324 e. The highest BCUT2D eigenvalue weighted by atomic mass is 35.5. The summed E-state index contributed by atoms with van der Waals surface area (Å²) >= 11 is 11.9. The maximum atomic E-state index is 6.01. The van der Waals surface area contributed by atoms with Gasteiger partial charge in [0, 0.05) is 23.8 Å². The van der Waals surface area contributed by atoms with E-state index in [0.717, 1.165) is 22.8 Å². The topological polar surface area (TPSA) is 51.8 Å². The Kier molecular flexibility index (Phi) is 5.79. The van der Waals surface area contributed by atoms with Gasteiger partial charge in [0.2, 0.25) is 0 Å². The normalized spacial score (nSPS) is 11.9. The molecule has 2 N–H and O–H groups in total. The van der Waals surface area contributed by atoms with Gasteiger partial charge in [-0.3, -0.25) is 0 Å². The van der Waals surface area contributed by atoms with Gasteiger partial charge in [-0.15, -0.1) is 0 Å². The van der Waals surface area contributed by atoms with Gasteiger partial charge in [0.25, 0.3) is 0 Å². The molecule has 0 saturated carbocycles. The van der Waals surface area contributed by atoms with Crippen LogP contribution >= 0.6 is 23.2 Å². The van der Waals surface area contributed by atoms with E-state index in [1.54, 1.807) is 18.5 Å². The number of fused-ring (bicyclic) bond motifs is 1. The van der Waals surface area contributed by atoms with Gasteiger partial charge in [-0.2, -0.15) is 0 Å². The number of hydrogen-bond acceptors (Lipinski definition) is 3. The third-order valence-corrected chi connectivity index (χ3v) is 3.07. The minimum absolute atomic E-state index is 0.0641. The molecule has 2 heterocycles. The van der Waals surface area contributed by atoms with Crippen molar-refractivity contribution >= 4 is 34.0 Å². The van der Waals surface area contributed by atoms with Crippen LogP contribution in [0.1, 0.15) is 38.8 Å². The van der Waals surface area contributed by atoms with Crippen molar-refractivity contribution in [1.82, 2.24) is 9.97 Å². The zero-order valence-electron chi connectivity index (χ0n) is 10.7. The highest BCUT2D eigenvalue weighted by Gasteiger charge is 2.12. The Bertz CT molecular complexity index is 529. The Morgan fingerprint density at radius 1 is 1.17 bits per heavy atom. The van der Waals surface area contributed by atoms with Crippen molar-refractivity contribution in [3.8, 4) is 0 Å². The third-order valence-electron chi connectivity index (χ3n) is 2.56. The molecule has 0 aliphatic heterocycles. The van der Waals surface area contributed by atoms with Gasteiger partial charge in [-0.25, -0.2) is 9.97 Å². The van der Waals surface area contributed by atoms with Crippen LogP contribution in [0.5, 0.6) is 0 Å². The number of nitrogens with zero attached hydrogens (tertiary/aromatic N) is 2. The number of pyridine rings is 2. The van der Waals surface area contributed by atoms with Crippen LogP contribution in [-0.4, -0.2) is 9.97 Å². The summed E-state index contributed by atoms with van der Waals surface area (Å²) in [5.41, 5.74) is 6.96. The van der Waals surface area contributed by atoms with Crippen LogP contribution in [-0.2, 0) is 0 Å². The maximum Gasteiger partial charge on any atom is 0.138 e. The Balaban J connectivity index is 0.000000771. The average Bonchev–Trinajstić information content (AvgIpc) is 2.40. The van der Waals surface area contributed by atoms with Crippen molar-refractivity contribution in [2.24, 2.45) is 5.73 Å². The monoisotopic (exact) mass is 285 g/mol. The molecule has 3 nitrogen and oxygen atoms in total. The smallest absolute Gasteiger partial charge is 0.138 e. The van der Waals surface area contributed by atoms with E-state index in [2.05, 4.69) is 9.97 Å². The molecule has 2 aromatic heterocycles. The van der Waals surface area contributed by atoms with Gasteiger partial charge < -0.3 is 5.73 Å². The van der Waals surface area contributed by atoms with Crippen LogP contribution in [0.25, 0.3) is 10.8 Å². The van der Waals surface area contributed by atoms with E-state index in [-0.39, 0.29) is 6.04 Å². The summed E-state index contributed by atoms with van der Waals surface area (Å²) in [6, 6.07) is 1.71. The number of aromatic nitrogens is 2. The second-order valence-corrected chi connectivity index (χ2v) is 4.32. The molecule has 18 heavy (non-hydrogen) atoms. The van der Waals surface area contributed by atoms with E-state index < -0.39 is 0 Å². The molecule has 2 rings (SSSR count). The van der Waals surface area contributed by atoms with Crippen molar-refractivity contribution in [3.05, 3.63) is 34.3 Å². The Hall–Kier alpha value is -0.900. The molecular weight excluding hydrogens is 269 g/mol. The second-order valence-electron chi connectivity index (χ2n) is 3.57. The molecule has 5 heteroatoms. The van der Waals surface area contributed by atoms with E-state index in [0.29, 0.717) is 10.3 Å². The molecular formula is C13H17Cl2N3. The predicted octanol–water partition coefficient (Wildman–Crippen LogP) is 4.37. The number of rotatable bonds is 2. The fourth-order valence-corrected chi connectivity index (χ4v) is 1.97. The first kappa shape index (κ1) is 15.2. The van der Waals surface area contributed by atoms with Gasteiger partial charge in [0.1, 0.15) is 10.3 Å². The van der Waals surface area contributed by atoms with Gasteiger partial charge in [0.15, 0.2) is 0 Å². The van der Waals surface area contributed by atoms with Crippen molar-refractivity contribution in [1.29, 1.82) is 0 Å². The fourth-order valence-electron chi connectivity index (χ4n) is 1.61. The van der Waals surface area contributed by atoms with Crippen LogP contribution in [0.2, 0.25) is 10.3 Å². The summed E-state index contributed by atoms with van der Waals surface area (Å²) in [4.78, 5) is 8.10. The molecule has 0 unspecified atom stereocenters. The number of nitrogens with two attached hydrogens (primary N) is 1. The van der Waals surface area contributed by atoms with Crippen LogP contribution in [0, 0.1) is 0 Å². The lowest BCUT2D eigenvalue weighted by molar-refractivity contribution is 0.701. The summed E-state index contributed by atoms with van der Waals surface area (Å²) in [5.74, 6) is 0. The van der Waals surface area contributed by atoms with E-state index >= 15 is 0 Å². The first-order valence-electron chi connectivity index (χ1n) is 5.98. The first-order valence-corrected chi connectivity index (χ1v) is 6.74. The second kappa shape index (κ2) is 6.88. The molecule has 0 spiro atoms. The largest absolute Gasteiger partial charge is 0.324 e. The summed E-state index contributed by atoms with van der Waals surface area (Å²) in [5, 5.41) is 2.56. The summed E-state index contributed by atoms with van der Waals surface area (Å²) in [6.45, 7) is 6.02. The van der Waals surface area contributed by atoms with Gasteiger partial charge in [-0.1, -0.05) is 44.0 Å². The summed E-state index contributed by atoms with van der Waals surface area (Å²) in [7, 11) is 0. The molecule has 0 amide bonds. The highest BCUT2D eigenvalue weighted by Crippen LogP contribution is 2.29. The van der Waals surface area contributed by atoms with Crippen molar-refractivity contribution in [2.75, 3.05) is 0 Å². The molecule has 0 aliphatic carbocycles. The predicted molar refractivity (Wildman–Crippen MR) is 78.1 cm³/mol. The van der Waals surface area contributed by atoms with E-state index in [4.69, 9.17) is 28.9 Å². The molecule has 0 radical (unpaired) electrons. The molecule has 0 aliphatic rings. The van der Waals surface area contributed by atoms with Crippen LogP contribution in [0.4, 0.5) is 0 Å². The minimum atomic E-state index is -0.0641. The maximum absolute atomic E-state index is 6.01. The lowest BCUT2D eigenvalue weighted by Crippen LogP contribution is -2.09. The fraction of sp³-hybridized carbons (Fsp3) is 0.385. The quantitative estimate of drug-likeness (QED) is 0.834. The van der Waals surface area contributed by atoms with Gasteiger partial charge >= 0.3 is 0 Å². The highest BCUT2D eigenvalue weighted by molar-refractivity contribution is 6.35. The molecule has 0 saturated heterocycles. The van der Waals surface area contributed by atoms with Crippen molar-refractivity contribution < 1.29 is 0 Å². The Labute approximate surface area is 117 Å². The Morgan fingerprint density at radius 3 is 2.44 bits per heavy atom. The van der Waals surface area contributed by atoms with Crippen molar-refractivity contribution in [2.45, 2.75) is 33.2 Å². The average molecular weight is 286 g/mol. The van der Waals surface area contributed by atoms with Crippen molar-refractivity contribution in [3.63, 3.8) is 0 Å². The standard InChI is InChI=1S/C11H11Cl2N3.C2H6/c1-2-9(14)7-4-16-11(13)8-5-15-10(12)3-6(7)8;1-2/h3-5,9H,2,14H2,1H3;1-2H3/t9-;/m1./s1. The summed E-state index contributed by atoms with van der Waals surface area (Å²) in [6.07, 6.45) is 4.16. The first-order chi connectivity index (χ1) is 8.63. The zero-order chi connectivity index (χ0) is 13.7. The molecule has 2 aromatic rings. The number of hydrogen-bond donors (Lipinski definition) is 1.